The number of alkyl halides is 3. The first-order valence-corrected chi connectivity index (χ1v) is 6.74. The summed E-state index contributed by atoms with van der Waals surface area (Å²) in [5.41, 5.74) is 0.393. The summed E-state index contributed by atoms with van der Waals surface area (Å²) in [5.74, 6) is 0. The van der Waals surface area contributed by atoms with E-state index in [4.69, 9.17) is 11.6 Å². The minimum Gasteiger partial charge on any atom is -0.378 e. The van der Waals surface area contributed by atoms with Gasteiger partial charge in [-0.1, -0.05) is 23.7 Å². The summed E-state index contributed by atoms with van der Waals surface area (Å²) in [7, 11) is 0. The fourth-order valence-corrected chi connectivity index (χ4v) is 2.10. The molecular formula is C13H9BrClF3N2. The van der Waals surface area contributed by atoms with Crippen LogP contribution in [0.3, 0.4) is 0 Å². The maximum atomic E-state index is 12.6. The molecule has 106 valence electrons. The van der Waals surface area contributed by atoms with Crippen molar-refractivity contribution in [2.45, 2.75) is 12.7 Å². The molecule has 0 aliphatic rings. The molecule has 0 amide bonds. The molecule has 0 spiro atoms. The highest BCUT2D eigenvalue weighted by atomic mass is 79.9. The van der Waals surface area contributed by atoms with Gasteiger partial charge < -0.3 is 5.32 Å². The molecule has 2 nitrogen and oxygen atoms in total. The van der Waals surface area contributed by atoms with Crippen LogP contribution in [0.4, 0.5) is 18.9 Å². The van der Waals surface area contributed by atoms with Crippen LogP contribution in [0.15, 0.2) is 41.0 Å². The normalized spacial score (nSPS) is 11.4. The molecule has 2 aromatic rings. The fourth-order valence-electron chi connectivity index (χ4n) is 1.60. The predicted octanol–water partition coefficient (Wildman–Crippen LogP) is 5.13. The summed E-state index contributed by atoms with van der Waals surface area (Å²) in [4.78, 5) is 3.92. The molecule has 1 aromatic heterocycles. The van der Waals surface area contributed by atoms with E-state index >= 15 is 0 Å². The van der Waals surface area contributed by atoms with Gasteiger partial charge in [-0.05, 0) is 39.7 Å². The number of halogens is 5. The van der Waals surface area contributed by atoms with Crippen LogP contribution in [0, 0.1) is 0 Å². The molecule has 1 heterocycles. The van der Waals surface area contributed by atoms with Crippen molar-refractivity contribution in [3.63, 3.8) is 0 Å². The molecule has 1 N–H and O–H groups in total. The van der Waals surface area contributed by atoms with Crippen LogP contribution in [-0.2, 0) is 12.7 Å². The Labute approximate surface area is 127 Å². The van der Waals surface area contributed by atoms with Gasteiger partial charge in [0.25, 0.3) is 0 Å². The maximum absolute atomic E-state index is 12.6. The molecule has 0 fully saturated rings. The highest BCUT2D eigenvalue weighted by molar-refractivity contribution is 9.10. The molecule has 0 aliphatic carbocycles. The van der Waals surface area contributed by atoms with E-state index < -0.39 is 11.7 Å². The Hall–Kier alpha value is -1.27. The summed E-state index contributed by atoms with van der Waals surface area (Å²) in [6.07, 6.45) is -2.80. The van der Waals surface area contributed by atoms with Crippen LogP contribution in [0.5, 0.6) is 0 Å². The second-order valence-electron chi connectivity index (χ2n) is 4.04. The molecule has 0 atom stereocenters. The van der Waals surface area contributed by atoms with Gasteiger partial charge in [0.2, 0.25) is 0 Å². The van der Waals surface area contributed by atoms with Crippen LogP contribution in [0.1, 0.15) is 11.1 Å². The third-order valence-corrected chi connectivity index (χ3v) is 3.28. The molecule has 2 rings (SSSR count). The number of nitrogens with one attached hydrogen (secondary N) is 1. The van der Waals surface area contributed by atoms with Crippen molar-refractivity contribution >= 4 is 33.2 Å². The van der Waals surface area contributed by atoms with Crippen LogP contribution < -0.4 is 5.32 Å². The minimum absolute atomic E-state index is 0.224. The van der Waals surface area contributed by atoms with E-state index in [0.717, 1.165) is 16.6 Å². The first kappa shape index (κ1) is 15.1. The summed E-state index contributed by atoms with van der Waals surface area (Å²) in [6, 6.07) is 6.84. The SMILES string of the molecule is FC(F)(F)c1cccc(CNc2cc(Br)cnc2Cl)c1. The Balaban J connectivity index is 2.13. The largest absolute Gasteiger partial charge is 0.416 e. The van der Waals surface area contributed by atoms with Gasteiger partial charge in [-0.15, -0.1) is 0 Å². The third-order valence-electron chi connectivity index (χ3n) is 2.54. The number of aromatic nitrogens is 1. The number of hydrogen-bond donors (Lipinski definition) is 1. The van der Waals surface area contributed by atoms with Gasteiger partial charge in [0, 0.05) is 17.2 Å². The molecule has 0 aliphatic heterocycles. The van der Waals surface area contributed by atoms with Gasteiger partial charge in [0.1, 0.15) is 0 Å². The molecule has 0 saturated heterocycles. The molecule has 0 unspecified atom stereocenters. The summed E-state index contributed by atoms with van der Waals surface area (Å²) < 4.78 is 38.5. The van der Waals surface area contributed by atoms with Crippen LogP contribution in [-0.4, -0.2) is 4.98 Å². The van der Waals surface area contributed by atoms with Crippen molar-refractivity contribution < 1.29 is 13.2 Å². The number of hydrogen-bond acceptors (Lipinski definition) is 2. The van der Waals surface area contributed by atoms with Gasteiger partial charge in [0.15, 0.2) is 5.15 Å². The lowest BCUT2D eigenvalue weighted by Crippen LogP contribution is -2.07. The molecule has 0 bridgehead atoms. The van der Waals surface area contributed by atoms with Crippen molar-refractivity contribution in [2.75, 3.05) is 5.32 Å². The standard InChI is InChI=1S/C13H9BrClF3N2/c14-10-5-11(12(15)20-7-10)19-6-8-2-1-3-9(4-8)13(16,17)18/h1-5,7,19H,6H2. The average molecular weight is 366 g/mol. The Morgan fingerprint density at radius 2 is 2.00 bits per heavy atom. The van der Waals surface area contributed by atoms with Crippen molar-refractivity contribution in [1.29, 1.82) is 0 Å². The first-order chi connectivity index (χ1) is 9.36. The van der Waals surface area contributed by atoms with E-state index in [1.807, 2.05) is 0 Å². The van der Waals surface area contributed by atoms with E-state index in [1.165, 1.54) is 12.3 Å². The maximum Gasteiger partial charge on any atom is 0.416 e. The van der Waals surface area contributed by atoms with Crippen LogP contribution in [0.2, 0.25) is 5.15 Å². The zero-order valence-corrected chi connectivity index (χ0v) is 12.4. The number of nitrogens with zero attached hydrogens (tertiary/aromatic N) is 1. The predicted molar refractivity (Wildman–Crippen MR) is 75.7 cm³/mol. The van der Waals surface area contributed by atoms with E-state index in [2.05, 4.69) is 26.2 Å². The molecule has 0 saturated carbocycles. The zero-order valence-electron chi connectivity index (χ0n) is 10.0. The minimum atomic E-state index is -4.34. The quantitative estimate of drug-likeness (QED) is 0.763. The number of anilines is 1. The van der Waals surface area contributed by atoms with Gasteiger partial charge in [-0.25, -0.2) is 4.98 Å². The Morgan fingerprint density at radius 3 is 2.70 bits per heavy atom. The van der Waals surface area contributed by atoms with Crippen molar-refractivity contribution in [3.8, 4) is 0 Å². The second-order valence-corrected chi connectivity index (χ2v) is 5.32. The van der Waals surface area contributed by atoms with E-state index in [0.29, 0.717) is 11.3 Å². The van der Waals surface area contributed by atoms with Gasteiger partial charge in [-0.2, -0.15) is 13.2 Å². The van der Waals surface area contributed by atoms with Gasteiger partial charge in [0.05, 0.1) is 11.3 Å². The lowest BCUT2D eigenvalue weighted by molar-refractivity contribution is -0.137. The Bertz CT molecular complexity index is 617. The van der Waals surface area contributed by atoms with E-state index in [9.17, 15) is 13.2 Å². The van der Waals surface area contributed by atoms with E-state index in [-0.39, 0.29) is 11.7 Å². The fraction of sp³-hybridized carbons (Fsp3) is 0.154. The highest BCUT2D eigenvalue weighted by Crippen LogP contribution is 2.30. The lowest BCUT2D eigenvalue weighted by Gasteiger charge is -2.11. The summed E-state index contributed by atoms with van der Waals surface area (Å²) in [5, 5.41) is 3.22. The Morgan fingerprint density at radius 1 is 1.25 bits per heavy atom. The first-order valence-electron chi connectivity index (χ1n) is 5.57. The number of pyridine rings is 1. The van der Waals surface area contributed by atoms with E-state index in [1.54, 1.807) is 12.1 Å². The molecule has 7 heteroatoms. The van der Waals surface area contributed by atoms with Gasteiger partial charge in [-0.3, -0.25) is 0 Å². The number of rotatable bonds is 3. The molecular weight excluding hydrogens is 357 g/mol. The zero-order chi connectivity index (χ0) is 14.8. The lowest BCUT2D eigenvalue weighted by atomic mass is 10.1. The van der Waals surface area contributed by atoms with Crippen molar-refractivity contribution in [3.05, 3.63) is 57.3 Å². The summed E-state index contributed by atoms with van der Waals surface area (Å²) in [6.45, 7) is 0.224. The summed E-state index contributed by atoms with van der Waals surface area (Å²) >= 11 is 9.14. The second kappa shape index (κ2) is 6.01. The highest BCUT2D eigenvalue weighted by Gasteiger charge is 2.30. The smallest absolute Gasteiger partial charge is 0.378 e. The van der Waals surface area contributed by atoms with Gasteiger partial charge >= 0.3 is 6.18 Å². The van der Waals surface area contributed by atoms with Crippen LogP contribution >= 0.6 is 27.5 Å². The van der Waals surface area contributed by atoms with Crippen LogP contribution in [0.25, 0.3) is 0 Å². The monoisotopic (exact) mass is 364 g/mol. The topological polar surface area (TPSA) is 24.9 Å². The molecule has 20 heavy (non-hydrogen) atoms. The number of benzene rings is 1. The third kappa shape index (κ3) is 3.86. The average Bonchev–Trinajstić information content (AvgIpc) is 2.39. The van der Waals surface area contributed by atoms with Crippen molar-refractivity contribution in [2.24, 2.45) is 0 Å². The van der Waals surface area contributed by atoms with Crippen molar-refractivity contribution in [1.82, 2.24) is 4.98 Å². The Kier molecular flexibility index (Phi) is 4.55. The molecule has 1 aromatic carbocycles. The molecule has 0 radical (unpaired) electrons.